The van der Waals surface area contributed by atoms with Crippen LogP contribution in [-0.4, -0.2) is 9.55 Å². The second-order valence-electron chi connectivity index (χ2n) is 3.84. The van der Waals surface area contributed by atoms with Crippen molar-refractivity contribution in [1.29, 1.82) is 0 Å². The molecule has 0 saturated heterocycles. The summed E-state index contributed by atoms with van der Waals surface area (Å²) in [7, 11) is 0. The van der Waals surface area contributed by atoms with Gasteiger partial charge in [0.1, 0.15) is 22.8 Å². The molecule has 0 aliphatic carbocycles. The molecule has 2 rings (SSSR count). The summed E-state index contributed by atoms with van der Waals surface area (Å²) in [5, 5.41) is 0. The molecule has 0 N–H and O–H groups in total. The van der Waals surface area contributed by atoms with Crippen molar-refractivity contribution in [2.45, 2.75) is 27.0 Å². The lowest BCUT2D eigenvalue weighted by Gasteiger charge is -2.08. The first kappa shape index (κ1) is 12.2. The summed E-state index contributed by atoms with van der Waals surface area (Å²) in [6.07, 6.45) is 1.80. The number of halogens is 1. The van der Waals surface area contributed by atoms with Crippen molar-refractivity contribution in [1.82, 2.24) is 9.55 Å². The van der Waals surface area contributed by atoms with Gasteiger partial charge in [0.15, 0.2) is 0 Å². The second-order valence-corrected chi connectivity index (χ2v) is 4.66. The Bertz CT molecular complexity index is 491. The lowest BCUT2D eigenvalue weighted by atomic mass is 10.2. The van der Waals surface area contributed by atoms with Crippen molar-refractivity contribution in [3.05, 3.63) is 46.5 Å². The van der Waals surface area contributed by atoms with Gasteiger partial charge in [-0.15, -0.1) is 0 Å². The number of hydrogen-bond donors (Lipinski definition) is 0. The van der Waals surface area contributed by atoms with Gasteiger partial charge in [0, 0.05) is 6.54 Å². The maximum Gasteiger partial charge on any atom is 0.147 e. The van der Waals surface area contributed by atoms with E-state index in [9.17, 15) is 0 Å². The van der Waals surface area contributed by atoms with Gasteiger partial charge in [-0.2, -0.15) is 0 Å². The number of hydrogen-bond acceptors (Lipinski definition) is 2. The molecule has 17 heavy (non-hydrogen) atoms. The Morgan fingerprint density at radius 3 is 2.65 bits per heavy atom. The first-order valence-electron chi connectivity index (χ1n) is 5.60. The molecule has 0 atom stereocenters. The molecule has 3 nitrogen and oxygen atoms in total. The summed E-state index contributed by atoms with van der Waals surface area (Å²) in [5.74, 6) is 1.80. The van der Waals surface area contributed by atoms with Crippen LogP contribution >= 0.6 is 15.9 Å². The van der Waals surface area contributed by atoms with E-state index in [4.69, 9.17) is 4.74 Å². The zero-order chi connectivity index (χ0) is 12.3. The predicted octanol–water partition coefficient (Wildman–Crippen LogP) is 3.55. The van der Waals surface area contributed by atoms with Gasteiger partial charge in [-0.3, -0.25) is 0 Å². The number of rotatable bonds is 4. The quantitative estimate of drug-likeness (QED) is 0.862. The predicted molar refractivity (Wildman–Crippen MR) is 71.1 cm³/mol. The Morgan fingerprint density at radius 1 is 1.29 bits per heavy atom. The molecule has 0 spiro atoms. The lowest BCUT2D eigenvalue weighted by molar-refractivity contribution is 0.289. The van der Waals surface area contributed by atoms with Crippen LogP contribution in [0.25, 0.3) is 0 Å². The number of aromatic nitrogens is 2. The molecule has 0 aliphatic heterocycles. The highest BCUT2D eigenvalue weighted by molar-refractivity contribution is 9.10. The minimum Gasteiger partial charge on any atom is -0.486 e. The van der Waals surface area contributed by atoms with Crippen LogP contribution in [0.15, 0.2) is 35.1 Å². The molecule has 2 aromatic rings. The summed E-state index contributed by atoms with van der Waals surface area (Å²) in [6, 6.07) is 8.03. The van der Waals surface area contributed by atoms with Gasteiger partial charge in [0.25, 0.3) is 0 Å². The highest BCUT2D eigenvalue weighted by Crippen LogP contribution is 2.16. The molecule has 0 saturated carbocycles. The number of imidazole rings is 1. The Balaban J connectivity index is 2.04. The molecular weight excluding hydrogens is 280 g/mol. The molecule has 0 radical (unpaired) electrons. The minimum atomic E-state index is 0.489. The SMILES string of the molecule is CCn1c(Br)cnc1COc1ccc(C)cc1. The van der Waals surface area contributed by atoms with Crippen LogP contribution in [-0.2, 0) is 13.2 Å². The fraction of sp³-hybridized carbons (Fsp3) is 0.308. The average molecular weight is 295 g/mol. The van der Waals surface area contributed by atoms with E-state index in [0.29, 0.717) is 6.61 Å². The zero-order valence-corrected chi connectivity index (χ0v) is 11.6. The summed E-state index contributed by atoms with van der Waals surface area (Å²) in [4.78, 5) is 4.31. The van der Waals surface area contributed by atoms with Gasteiger partial charge in [0.2, 0.25) is 0 Å². The van der Waals surface area contributed by atoms with Crippen molar-refractivity contribution < 1.29 is 4.74 Å². The number of benzene rings is 1. The first-order chi connectivity index (χ1) is 8.20. The molecule has 1 heterocycles. The van der Waals surface area contributed by atoms with E-state index in [1.165, 1.54) is 5.56 Å². The third kappa shape index (κ3) is 2.88. The second kappa shape index (κ2) is 5.36. The number of aryl methyl sites for hydroxylation is 1. The molecule has 90 valence electrons. The van der Waals surface area contributed by atoms with Crippen LogP contribution in [0.2, 0.25) is 0 Å². The van der Waals surface area contributed by atoms with E-state index in [1.54, 1.807) is 6.20 Å². The maximum absolute atomic E-state index is 5.70. The molecule has 0 unspecified atom stereocenters. The average Bonchev–Trinajstić information content (AvgIpc) is 2.69. The van der Waals surface area contributed by atoms with E-state index in [0.717, 1.165) is 22.7 Å². The van der Waals surface area contributed by atoms with Crippen LogP contribution in [0.5, 0.6) is 5.75 Å². The van der Waals surface area contributed by atoms with E-state index >= 15 is 0 Å². The summed E-state index contributed by atoms with van der Waals surface area (Å²) < 4.78 is 8.76. The molecule has 0 amide bonds. The third-order valence-electron chi connectivity index (χ3n) is 2.59. The molecule has 1 aromatic carbocycles. The standard InChI is InChI=1S/C13H15BrN2O/c1-3-16-12(14)8-15-13(16)9-17-11-6-4-10(2)5-7-11/h4-8H,3,9H2,1-2H3. The van der Waals surface area contributed by atoms with Crippen molar-refractivity contribution >= 4 is 15.9 Å². The highest BCUT2D eigenvalue weighted by atomic mass is 79.9. The zero-order valence-electron chi connectivity index (χ0n) is 9.98. The van der Waals surface area contributed by atoms with Gasteiger partial charge in [-0.25, -0.2) is 4.98 Å². The number of ether oxygens (including phenoxy) is 1. The van der Waals surface area contributed by atoms with E-state index < -0.39 is 0 Å². The van der Waals surface area contributed by atoms with Gasteiger partial charge in [0.05, 0.1) is 6.20 Å². The van der Waals surface area contributed by atoms with E-state index in [1.807, 2.05) is 24.3 Å². The highest BCUT2D eigenvalue weighted by Gasteiger charge is 2.06. The fourth-order valence-electron chi connectivity index (χ4n) is 1.62. The Morgan fingerprint density at radius 2 is 2.00 bits per heavy atom. The Labute approximate surface area is 110 Å². The molecule has 0 aliphatic rings. The summed E-state index contributed by atoms with van der Waals surface area (Å²) in [6.45, 7) is 5.52. The van der Waals surface area contributed by atoms with E-state index in [-0.39, 0.29) is 0 Å². The molecule has 1 aromatic heterocycles. The van der Waals surface area contributed by atoms with Gasteiger partial charge < -0.3 is 9.30 Å². The van der Waals surface area contributed by atoms with Gasteiger partial charge >= 0.3 is 0 Å². The number of nitrogens with zero attached hydrogens (tertiary/aromatic N) is 2. The maximum atomic E-state index is 5.70. The monoisotopic (exact) mass is 294 g/mol. The topological polar surface area (TPSA) is 27.1 Å². The third-order valence-corrected chi connectivity index (χ3v) is 3.23. The van der Waals surface area contributed by atoms with E-state index in [2.05, 4.69) is 39.3 Å². The normalized spacial score (nSPS) is 10.5. The Hall–Kier alpha value is -1.29. The van der Waals surface area contributed by atoms with Crippen molar-refractivity contribution in [3.63, 3.8) is 0 Å². The lowest BCUT2D eigenvalue weighted by Crippen LogP contribution is -2.06. The van der Waals surface area contributed by atoms with Gasteiger partial charge in [-0.1, -0.05) is 17.7 Å². The van der Waals surface area contributed by atoms with Crippen LogP contribution in [0.1, 0.15) is 18.3 Å². The molecule has 4 heteroatoms. The van der Waals surface area contributed by atoms with Crippen LogP contribution < -0.4 is 4.74 Å². The molecule has 0 bridgehead atoms. The summed E-state index contributed by atoms with van der Waals surface area (Å²) in [5.41, 5.74) is 1.23. The van der Waals surface area contributed by atoms with Gasteiger partial charge in [-0.05, 0) is 41.9 Å². The first-order valence-corrected chi connectivity index (χ1v) is 6.39. The Kier molecular flexibility index (Phi) is 3.84. The fourth-order valence-corrected chi connectivity index (χ4v) is 2.18. The largest absolute Gasteiger partial charge is 0.486 e. The van der Waals surface area contributed by atoms with Crippen molar-refractivity contribution in [3.8, 4) is 5.75 Å². The van der Waals surface area contributed by atoms with Crippen LogP contribution in [0.4, 0.5) is 0 Å². The molecular formula is C13H15BrN2O. The van der Waals surface area contributed by atoms with Crippen LogP contribution in [0, 0.1) is 6.92 Å². The smallest absolute Gasteiger partial charge is 0.147 e. The molecule has 0 fully saturated rings. The van der Waals surface area contributed by atoms with Crippen molar-refractivity contribution in [2.24, 2.45) is 0 Å². The van der Waals surface area contributed by atoms with Crippen molar-refractivity contribution in [2.75, 3.05) is 0 Å². The van der Waals surface area contributed by atoms with Crippen LogP contribution in [0.3, 0.4) is 0 Å². The minimum absolute atomic E-state index is 0.489. The summed E-state index contributed by atoms with van der Waals surface area (Å²) >= 11 is 3.46.